The summed E-state index contributed by atoms with van der Waals surface area (Å²) in [5.74, 6) is 0. The molecule has 0 amide bonds. The number of anilines is 1. The van der Waals surface area contributed by atoms with Crippen LogP contribution in [0.2, 0.25) is 0 Å². The molecule has 1 N–H and O–H groups in total. The normalized spacial score (nSPS) is 10.9. The highest BCUT2D eigenvalue weighted by atomic mass is 32.1. The van der Waals surface area contributed by atoms with E-state index in [9.17, 15) is 15.4 Å². The third-order valence-corrected chi connectivity index (χ3v) is 4.24. The minimum atomic E-state index is -0.443. The number of nitrogens with zero attached hydrogens (tertiary/aromatic N) is 3. The molecule has 0 aliphatic rings. The number of nitrogens with one attached hydrogen (secondary N) is 1. The topological polar surface area (TPSA) is 91.8 Å². The fraction of sp³-hybridized carbons (Fsp3) is 0. The third kappa shape index (κ3) is 3.88. The summed E-state index contributed by atoms with van der Waals surface area (Å²) in [6, 6.07) is 17.9. The van der Waals surface area contributed by atoms with E-state index in [-0.39, 0.29) is 5.69 Å². The van der Waals surface area contributed by atoms with Gasteiger partial charge in [0.25, 0.3) is 5.69 Å². The van der Waals surface area contributed by atoms with Crippen molar-refractivity contribution < 1.29 is 4.92 Å². The van der Waals surface area contributed by atoms with Crippen molar-refractivity contribution in [2.45, 2.75) is 0 Å². The van der Waals surface area contributed by atoms with Crippen LogP contribution in [0.1, 0.15) is 5.01 Å². The predicted molar refractivity (Wildman–Crippen MR) is 97.9 cm³/mol. The summed E-state index contributed by atoms with van der Waals surface area (Å²) in [4.78, 5) is 14.9. The SMILES string of the molecule is N#C/C(=C\Nc1ccccc1)c1nc(-c2cccc([N+](=O)[O-])c2)cs1. The number of para-hydroxylation sites is 1. The quantitative estimate of drug-likeness (QED) is 0.410. The molecule has 1 aromatic heterocycles. The summed E-state index contributed by atoms with van der Waals surface area (Å²) in [5, 5.41) is 25.7. The Hall–Kier alpha value is -3.50. The number of aromatic nitrogens is 1. The number of nitriles is 1. The Bertz CT molecular complexity index is 974. The summed E-state index contributed by atoms with van der Waals surface area (Å²) >= 11 is 1.31. The molecule has 0 spiro atoms. The first-order chi connectivity index (χ1) is 12.2. The molecule has 0 bridgehead atoms. The lowest BCUT2D eigenvalue weighted by Gasteiger charge is -2.00. The van der Waals surface area contributed by atoms with Gasteiger partial charge in [0.05, 0.1) is 10.6 Å². The van der Waals surface area contributed by atoms with Gasteiger partial charge in [-0.15, -0.1) is 11.3 Å². The molecule has 0 saturated carbocycles. The van der Waals surface area contributed by atoms with Gasteiger partial charge in [0.1, 0.15) is 16.6 Å². The zero-order chi connectivity index (χ0) is 17.6. The first kappa shape index (κ1) is 16.4. The van der Waals surface area contributed by atoms with E-state index in [0.29, 0.717) is 21.8 Å². The van der Waals surface area contributed by atoms with Crippen molar-refractivity contribution in [2.24, 2.45) is 0 Å². The fourth-order valence-corrected chi connectivity index (χ4v) is 2.94. The number of nitro groups is 1. The molecule has 7 heteroatoms. The Morgan fingerprint density at radius 2 is 2.04 bits per heavy atom. The average molecular weight is 348 g/mol. The van der Waals surface area contributed by atoms with Crippen LogP contribution in [0.3, 0.4) is 0 Å². The minimum absolute atomic E-state index is 0.00819. The van der Waals surface area contributed by atoms with Crippen LogP contribution in [0, 0.1) is 21.4 Å². The molecule has 0 aliphatic carbocycles. The molecular weight excluding hydrogens is 336 g/mol. The van der Waals surface area contributed by atoms with Gasteiger partial charge in [0, 0.05) is 35.0 Å². The standard InChI is InChI=1S/C18H12N4O2S/c19-10-14(11-20-15-6-2-1-3-7-15)18-21-17(12-25-18)13-5-4-8-16(9-13)22(23)24/h1-9,11-12,20H/b14-11+. The molecule has 0 saturated heterocycles. The molecule has 1 heterocycles. The Morgan fingerprint density at radius 1 is 1.24 bits per heavy atom. The van der Waals surface area contributed by atoms with Gasteiger partial charge in [-0.3, -0.25) is 10.1 Å². The van der Waals surface area contributed by atoms with E-state index in [2.05, 4.69) is 16.4 Å². The average Bonchev–Trinajstić information content (AvgIpc) is 3.13. The summed E-state index contributed by atoms with van der Waals surface area (Å²) in [7, 11) is 0. The van der Waals surface area contributed by atoms with Crippen LogP contribution in [-0.2, 0) is 0 Å². The lowest BCUT2D eigenvalue weighted by Crippen LogP contribution is -1.91. The van der Waals surface area contributed by atoms with Crippen molar-refractivity contribution in [1.82, 2.24) is 4.98 Å². The second-order valence-corrected chi connectivity index (χ2v) is 5.88. The monoisotopic (exact) mass is 348 g/mol. The zero-order valence-electron chi connectivity index (χ0n) is 12.9. The van der Waals surface area contributed by atoms with Crippen LogP contribution in [0.5, 0.6) is 0 Å². The van der Waals surface area contributed by atoms with E-state index < -0.39 is 4.92 Å². The largest absolute Gasteiger partial charge is 0.360 e. The molecule has 3 rings (SSSR count). The van der Waals surface area contributed by atoms with E-state index >= 15 is 0 Å². The zero-order valence-corrected chi connectivity index (χ0v) is 13.7. The smallest absolute Gasteiger partial charge is 0.270 e. The Labute approximate surface area is 147 Å². The number of hydrogen-bond donors (Lipinski definition) is 1. The van der Waals surface area contributed by atoms with Crippen LogP contribution >= 0.6 is 11.3 Å². The van der Waals surface area contributed by atoms with Crippen LogP contribution in [-0.4, -0.2) is 9.91 Å². The molecule has 6 nitrogen and oxygen atoms in total. The van der Waals surface area contributed by atoms with E-state index in [4.69, 9.17) is 0 Å². The third-order valence-electron chi connectivity index (χ3n) is 3.36. The van der Waals surface area contributed by atoms with Crippen LogP contribution in [0.4, 0.5) is 11.4 Å². The van der Waals surface area contributed by atoms with Crippen molar-refractivity contribution in [3.63, 3.8) is 0 Å². The van der Waals surface area contributed by atoms with Crippen molar-refractivity contribution >= 4 is 28.3 Å². The number of benzene rings is 2. The molecule has 122 valence electrons. The van der Waals surface area contributed by atoms with Crippen LogP contribution < -0.4 is 5.32 Å². The van der Waals surface area contributed by atoms with Gasteiger partial charge in [-0.05, 0) is 12.1 Å². The number of nitro benzene ring substituents is 1. The van der Waals surface area contributed by atoms with Gasteiger partial charge >= 0.3 is 0 Å². The van der Waals surface area contributed by atoms with E-state index in [1.807, 2.05) is 30.3 Å². The molecular formula is C18H12N4O2S. The minimum Gasteiger partial charge on any atom is -0.360 e. The maximum Gasteiger partial charge on any atom is 0.270 e. The lowest BCUT2D eigenvalue weighted by atomic mass is 10.1. The summed E-state index contributed by atoms with van der Waals surface area (Å²) < 4.78 is 0. The highest BCUT2D eigenvalue weighted by Crippen LogP contribution is 2.28. The fourth-order valence-electron chi connectivity index (χ4n) is 2.14. The highest BCUT2D eigenvalue weighted by Gasteiger charge is 2.12. The van der Waals surface area contributed by atoms with E-state index in [0.717, 1.165) is 5.69 Å². The molecule has 25 heavy (non-hydrogen) atoms. The first-order valence-electron chi connectivity index (χ1n) is 7.30. The molecule has 3 aromatic rings. The molecule has 0 aliphatic heterocycles. The van der Waals surface area contributed by atoms with Gasteiger partial charge in [-0.1, -0.05) is 30.3 Å². The van der Waals surface area contributed by atoms with E-state index in [1.54, 1.807) is 23.7 Å². The Balaban J connectivity index is 1.85. The first-order valence-corrected chi connectivity index (χ1v) is 8.18. The van der Waals surface area contributed by atoms with Crippen molar-refractivity contribution in [3.8, 4) is 17.3 Å². The number of thiazole rings is 1. The maximum atomic E-state index is 10.9. The molecule has 0 fully saturated rings. The summed E-state index contributed by atoms with van der Waals surface area (Å²) in [6.07, 6.45) is 1.60. The number of rotatable bonds is 5. The Kier molecular flexibility index (Phi) is 4.83. The molecule has 0 radical (unpaired) electrons. The van der Waals surface area contributed by atoms with Crippen molar-refractivity contribution in [3.05, 3.63) is 81.3 Å². The van der Waals surface area contributed by atoms with Crippen LogP contribution in [0.25, 0.3) is 16.8 Å². The van der Waals surface area contributed by atoms with Crippen molar-refractivity contribution in [2.75, 3.05) is 5.32 Å². The van der Waals surface area contributed by atoms with Crippen LogP contribution in [0.15, 0.2) is 66.2 Å². The van der Waals surface area contributed by atoms with E-state index in [1.165, 1.54) is 23.5 Å². The number of allylic oxidation sites excluding steroid dienone is 1. The lowest BCUT2D eigenvalue weighted by molar-refractivity contribution is -0.384. The number of hydrogen-bond acceptors (Lipinski definition) is 6. The Morgan fingerprint density at radius 3 is 2.76 bits per heavy atom. The van der Waals surface area contributed by atoms with Gasteiger partial charge in [0.2, 0.25) is 0 Å². The van der Waals surface area contributed by atoms with Gasteiger partial charge in [-0.25, -0.2) is 4.98 Å². The van der Waals surface area contributed by atoms with Gasteiger partial charge in [-0.2, -0.15) is 5.26 Å². The summed E-state index contributed by atoms with van der Waals surface area (Å²) in [5.41, 5.74) is 2.51. The maximum absolute atomic E-state index is 10.9. The molecule has 0 atom stereocenters. The van der Waals surface area contributed by atoms with Gasteiger partial charge < -0.3 is 5.32 Å². The second-order valence-electron chi connectivity index (χ2n) is 5.03. The highest BCUT2D eigenvalue weighted by molar-refractivity contribution is 7.11. The predicted octanol–water partition coefficient (Wildman–Crippen LogP) is 4.69. The molecule has 0 unspecified atom stereocenters. The number of non-ortho nitro benzene ring substituents is 1. The molecule has 2 aromatic carbocycles. The van der Waals surface area contributed by atoms with Gasteiger partial charge in [0.15, 0.2) is 0 Å². The van der Waals surface area contributed by atoms with Crippen molar-refractivity contribution in [1.29, 1.82) is 5.26 Å². The summed E-state index contributed by atoms with van der Waals surface area (Å²) in [6.45, 7) is 0. The second kappa shape index (κ2) is 7.38.